The summed E-state index contributed by atoms with van der Waals surface area (Å²) in [4.78, 5) is 0. The molecule has 3 nitrogen and oxygen atoms in total. The Balaban J connectivity index is 2.31. The summed E-state index contributed by atoms with van der Waals surface area (Å²) in [6.07, 6.45) is 0.916. The fourth-order valence-electron chi connectivity index (χ4n) is 1.77. The van der Waals surface area contributed by atoms with E-state index in [1.165, 1.54) is 0 Å². The number of nitrogens with two attached hydrogens (primary N) is 1. The number of rotatable bonds is 4. The van der Waals surface area contributed by atoms with Crippen LogP contribution < -0.4 is 10.5 Å². The molecule has 0 bridgehead atoms. The zero-order chi connectivity index (χ0) is 13.8. The van der Waals surface area contributed by atoms with E-state index in [1.54, 1.807) is 12.1 Å². The van der Waals surface area contributed by atoms with Crippen LogP contribution in [0.2, 0.25) is 0 Å². The highest BCUT2D eigenvalue weighted by Crippen LogP contribution is 2.32. The van der Waals surface area contributed by atoms with Crippen molar-refractivity contribution in [3.63, 3.8) is 0 Å². The zero-order valence-corrected chi connectivity index (χ0v) is 12.2. The molecule has 0 aliphatic heterocycles. The highest BCUT2D eigenvalue weighted by Gasteiger charge is 2.07. The minimum atomic E-state index is 0.0428. The molecule has 2 aromatic carbocycles. The first-order chi connectivity index (χ1) is 9.11. The van der Waals surface area contributed by atoms with Crippen LogP contribution in [0, 0.1) is 5.41 Å². The molecule has 0 radical (unpaired) electrons. The van der Waals surface area contributed by atoms with Gasteiger partial charge in [0.15, 0.2) is 0 Å². The summed E-state index contributed by atoms with van der Waals surface area (Å²) in [7, 11) is 0. The molecular weight excluding hydrogens is 304 g/mol. The van der Waals surface area contributed by atoms with Gasteiger partial charge in [-0.05, 0) is 52.2 Å². The lowest BCUT2D eigenvalue weighted by Crippen LogP contribution is -2.10. The lowest BCUT2D eigenvalue weighted by Gasteiger charge is -2.12. The molecule has 0 saturated carbocycles. The van der Waals surface area contributed by atoms with Crippen LogP contribution in [-0.4, -0.2) is 5.84 Å². The fourth-order valence-corrected chi connectivity index (χ4v) is 2.22. The average Bonchev–Trinajstić information content (AvgIpc) is 2.41. The summed E-state index contributed by atoms with van der Waals surface area (Å²) in [5, 5.41) is 7.40. The smallest absolute Gasteiger partial charge is 0.141 e. The van der Waals surface area contributed by atoms with Crippen molar-refractivity contribution in [1.29, 1.82) is 5.41 Å². The quantitative estimate of drug-likeness (QED) is 0.659. The van der Waals surface area contributed by atoms with Crippen LogP contribution in [0.4, 0.5) is 0 Å². The van der Waals surface area contributed by atoms with Crippen LogP contribution in [0.15, 0.2) is 46.9 Å². The minimum Gasteiger partial charge on any atom is -0.456 e. The highest BCUT2D eigenvalue weighted by molar-refractivity contribution is 9.10. The third kappa shape index (κ3) is 3.15. The number of para-hydroxylation sites is 1. The van der Waals surface area contributed by atoms with E-state index in [9.17, 15) is 0 Å². The molecule has 2 rings (SSSR count). The van der Waals surface area contributed by atoms with Crippen molar-refractivity contribution in [3.05, 3.63) is 58.1 Å². The predicted octanol–water partition coefficient (Wildman–Crippen LogP) is 4.09. The van der Waals surface area contributed by atoms with Crippen LogP contribution in [0.3, 0.4) is 0 Å². The van der Waals surface area contributed by atoms with E-state index in [1.807, 2.05) is 30.3 Å². The molecule has 0 aliphatic carbocycles. The summed E-state index contributed by atoms with van der Waals surface area (Å²) in [6.45, 7) is 2.09. The number of hydrogen-bond acceptors (Lipinski definition) is 2. The summed E-state index contributed by atoms with van der Waals surface area (Å²) in [5.74, 6) is 1.60. The number of halogens is 1. The van der Waals surface area contributed by atoms with Crippen LogP contribution in [0.1, 0.15) is 18.1 Å². The second-order valence-electron chi connectivity index (χ2n) is 4.12. The van der Waals surface area contributed by atoms with Gasteiger partial charge in [-0.15, -0.1) is 0 Å². The van der Waals surface area contributed by atoms with Gasteiger partial charge in [0, 0.05) is 5.56 Å². The Morgan fingerprint density at radius 3 is 2.58 bits per heavy atom. The zero-order valence-electron chi connectivity index (χ0n) is 10.6. The van der Waals surface area contributed by atoms with Crippen LogP contribution >= 0.6 is 15.9 Å². The van der Waals surface area contributed by atoms with E-state index >= 15 is 0 Å². The number of nitrogens with one attached hydrogen (secondary N) is 1. The third-order valence-electron chi connectivity index (χ3n) is 2.82. The molecule has 0 fully saturated rings. The Kier molecular flexibility index (Phi) is 4.22. The van der Waals surface area contributed by atoms with Gasteiger partial charge in [-0.3, -0.25) is 5.41 Å². The monoisotopic (exact) mass is 318 g/mol. The lowest BCUT2D eigenvalue weighted by molar-refractivity contribution is 0.474. The second kappa shape index (κ2) is 5.89. The number of amidine groups is 1. The van der Waals surface area contributed by atoms with Crippen LogP contribution in [0.5, 0.6) is 11.5 Å². The van der Waals surface area contributed by atoms with Crippen LogP contribution in [0.25, 0.3) is 0 Å². The first kappa shape index (κ1) is 13.6. The summed E-state index contributed by atoms with van der Waals surface area (Å²) in [6, 6.07) is 13.3. The first-order valence-corrected chi connectivity index (χ1v) is 6.80. The number of hydrogen-bond donors (Lipinski definition) is 2. The maximum Gasteiger partial charge on any atom is 0.141 e. The van der Waals surface area contributed by atoms with Crippen molar-refractivity contribution in [1.82, 2.24) is 0 Å². The van der Waals surface area contributed by atoms with Crippen molar-refractivity contribution < 1.29 is 4.74 Å². The van der Waals surface area contributed by atoms with Gasteiger partial charge in [0.05, 0.1) is 4.47 Å². The standard InChI is InChI=1S/C15H15BrN2O/c1-2-10-5-3-4-6-13(10)19-14-8-7-11(15(17)18)9-12(14)16/h3-9H,2H2,1H3,(H3,17,18). The lowest BCUT2D eigenvalue weighted by atomic mass is 10.1. The van der Waals surface area contributed by atoms with Crippen LogP contribution in [-0.2, 0) is 6.42 Å². The topological polar surface area (TPSA) is 59.1 Å². The Hall–Kier alpha value is -1.81. The number of ether oxygens (including phenoxy) is 1. The predicted molar refractivity (Wildman–Crippen MR) is 81.1 cm³/mol. The molecule has 0 aromatic heterocycles. The summed E-state index contributed by atoms with van der Waals surface area (Å²) >= 11 is 3.44. The molecule has 0 spiro atoms. The van der Waals surface area contributed by atoms with Crippen molar-refractivity contribution in [2.75, 3.05) is 0 Å². The highest BCUT2D eigenvalue weighted by atomic mass is 79.9. The van der Waals surface area contributed by atoms with E-state index < -0.39 is 0 Å². The molecular formula is C15H15BrN2O. The third-order valence-corrected chi connectivity index (χ3v) is 3.44. The van der Waals surface area contributed by atoms with Gasteiger partial charge in [0.2, 0.25) is 0 Å². The number of benzene rings is 2. The Labute approximate surface area is 121 Å². The molecule has 0 unspecified atom stereocenters. The van der Waals surface area contributed by atoms with Gasteiger partial charge in [-0.2, -0.15) is 0 Å². The number of nitrogen functional groups attached to an aromatic ring is 1. The summed E-state index contributed by atoms with van der Waals surface area (Å²) in [5.41, 5.74) is 7.28. The molecule has 0 aliphatic rings. The van der Waals surface area contributed by atoms with Gasteiger partial charge in [0.1, 0.15) is 17.3 Å². The van der Waals surface area contributed by atoms with E-state index in [2.05, 4.69) is 22.9 Å². The minimum absolute atomic E-state index is 0.0428. The van der Waals surface area contributed by atoms with Gasteiger partial charge in [0.25, 0.3) is 0 Å². The molecule has 0 heterocycles. The van der Waals surface area contributed by atoms with Crippen molar-refractivity contribution in [2.24, 2.45) is 5.73 Å². The Morgan fingerprint density at radius 1 is 1.21 bits per heavy atom. The molecule has 4 heteroatoms. The molecule has 2 aromatic rings. The van der Waals surface area contributed by atoms with E-state index in [0.717, 1.165) is 22.2 Å². The molecule has 19 heavy (non-hydrogen) atoms. The van der Waals surface area contributed by atoms with E-state index in [-0.39, 0.29) is 5.84 Å². The number of aryl methyl sites for hydroxylation is 1. The normalized spacial score (nSPS) is 10.2. The largest absolute Gasteiger partial charge is 0.456 e. The van der Waals surface area contributed by atoms with E-state index in [4.69, 9.17) is 15.9 Å². The SMILES string of the molecule is CCc1ccccc1Oc1ccc(C(=N)N)cc1Br. The maximum absolute atomic E-state index is 7.40. The first-order valence-electron chi connectivity index (χ1n) is 6.01. The molecule has 0 atom stereocenters. The van der Waals surface area contributed by atoms with Gasteiger partial charge in [-0.25, -0.2) is 0 Å². The Morgan fingerprint density at radius 2 is 1.95 bits per heavy atom. The molecule has 3 N–H and O–H groups in total. The average molecular weight is 319 g/mol. The molecule has 0 amide bonds. The van der Waals surface area contributed by atoms with E-state index in [0.29, 0.717) is 11.3 Å². The molecule has 98 valence electrons. The maximum atomic E-state index is 7.40. The molecule has 0 saturated heterocycles. The van der Waals surface area contributed by atoms with Crippen molar-refractivity contribution in [3.8, 4) is 11.5 Å². The van der Waals surface area contributed by atoms with Gasteiger partial charge >= 0.3 is 0 Å². The Bertz CT molecular complexity index is 611. The second-order valence-corrected chi connectivity index (χ2v) is 4.98. The fraction of sp³-hybridized carbons (Fsp3) is 0.133. The van der Waals surface area contributed by atoms with Gasteiger partial charge in [-0.1, -0.05) is 25.1 Å². The summed E-state index contributed by atoms with van der Waals surface area (Å²) < 4.78 is 6.69. The van der Waals surface area contributed by atoms with Gasteiger partial charge < -0.3 is 10.5 Å². The van der Waals surface area contributed by atoms with Crippen molar-refractivity contribution >= 4 is 21.8 Å². The van der Waals surface area contributed by atoms with Crippen molar-refractivity contribution in [2.45, 2.75) is 13.3 Å².